The van der Waals surface area contributed by atoms with Gasteiger partial charge in [-0.05, 0) is 75.7 Å². The summed E-state index contributed by atoms with van der Waals surface area (Å²) in [5.74, 6) is 0.774. The number of rotatable bonds is 7. The molecule has 0 aliphatic carbocycles. The molecule has 0 amide bonds. The summed E-state index contributed by atoms with van der Waals surface area (Å²) in [6, 6.07) is 12.7. The second kappa shape index (κ2) is 11.8. The molecule has 0 radical (unpaired) electrons. The van der Waals surface area contributed by atoms with E-state index in [0.29, 0.717) is 59.8 Å². The summed E-state index contributed by atoms with van der Waals surface area (Å²) < 4.78 is 29.7. The van der Waals surface area contributed by atoms with E-state index in [0.717, 1.165) is 11.3 Å². The molecule has 10 nitrogen and oxygen atoms in total. The van der Waals surface area contributed by atoms with Gasteiger partial charge in [0.15, 0.2) is 16.3 Å². The number of esters is 2. The van der Waals surface area contributed by atoms with Crippen molar-refractivity contribution in [2.24, 2.45) is 4.99 Å². The number of benzene rings is 2. The molecule has 0 fully saturated rings. The van der Waals surface area contributed by atoms with E-state index >= 15 is 0 Å². The fourth-order valence-electron chi connectivity index (χ4n) is 5.07. The molecule has 0 bridgehead atoms. The molecule has 0 unspecified atom stereocenters. The second-order valence-electron chi connectivity index (χ2n) is 10.3. The van der Waals surface area contributed by atoms with Crippen LogP contribution in [0.2, 0.25) is 5.02 Å². The van der Waals surface area contributed by atoms with Gasteiger partial charge in [0.05, 0.1) is 40.1 Å². The normalized spacial score (nSPS) is 15.8. The Balaban J connectivity index is 1.44. The lowest BCUT2D eigenvalue weighted by atomic mass is 9.95. The van der Waals surface area contributed by atoms with E-state index < -0.39 is 18.0 Å². The molecule has 2 aromatic carbocycles. The largest absolute Gasteiger partial charge is 0.463 e. The summed E-state index contributed by atoms with van der Waals surface area (Å²) in [5, 5.41) is 0.420. The molecule has 12 heteroatoms. The van der Waals surface area contributed by atoms with Gasteiger partial charge in [-0.1, -0.05) is 29.0 Å². The Bertz CT molecular complexity index is 2020. The maximum atomic E-state index is 14.0. The van der Waals surface area contributed by atoms with Crippen molar-refractivity contribution in [3.63, 3.8) is 0 Å². The first-order chi connectivity index (χ1) is 21.1. The summed E-state index contributed by atoms with van der Waals surface area (Å²) >= 11 is 7.41. The SMILES string of the molecule is CCOC(=O)C1=C(C)N=c2s/c(=C/c3ccc(-c4cc(Cl)ccc4C(=O)OC(C)C)o3)c(=O)n2[C@@H]1c1ccc2c(c1)OCO2. The Hall–Kier alpha value is -4.61. The van der Waals surface area contributed by atoms with Crippen LogP contribution in [0.1, 0.15) is 55.4 Å². The average molecular weight is 635 g/mol. The molecule has 226 valence electrons. The van der Waals surface area contributed by atoms with Crippen LogP contribution in [0.4, 0.5) is 0 Å². The Morgan fingerprint density at radius 2 is 1.91 bits per heavy atom. The van der Waals surface area contributed by atoms with Crippen LogP contribution in [0.5, 0.6) is 11.5 Å². The minimum absolute atomic E-state index is 0.0852. The third kappa shape index (κ3) is 5.44. The van der Waals surface area contributed by atoms with Crippen LogP contribution in [0.25, 0.3) is 17.4 Å². The van der Waals surface area contributed by atoms with Gasteiger partial charge in [-0.15, -0.1) is 0 Å². The van der Waals surface area contributed by atoms with Crippen LogP contribution in [-0.2, 0) is 14.3 Å². The number of halogens is 1. The highest BCUT2D eigenvalue weighted by Gasteiger charge is 2.34. The molecule has 0 saturated heterocycles. The fourth-order valence-corrected chi connectivity index (χ4v) is 6.27. The maximum Gasteiger partial charge on any atom is 0.339 e. The molecule has 4 heterocycles. The number of allylic oxidation sites excluding steroid dienone is 1. The molecule has 0 spiro atoms. The number of carbonyl (C=O) groups is 2. The smallest absolute Gasteiger partial charge is 0.339 e. The summed E-state index contributed by atoms with van der Waals surface area (Å²) in [5.41, 5.74) is 1.73. The molecular weight excluding hydrogens is 608 g/mol. The number of thiazole rings is 1. The molecule has 1 atom stereocenters. The number of hydrogen-bond acceptors (Lipinski definition) is 10. The molecule has 6 rings (SSSR count). The summed E-state index contributed by atoms with van der Waals surface area (Å²) in [6.07, 6.45) is 1.29. The van der Waals surface area contributed by atoms with Gasteiger partial charge in [-0.2, -0.15) is 0 Å². The lowest BCUT2D eigenvalue weighted by Crippen LogP contribution is -2.39. The summed E-state index contributed by atoms with van der Waals surface area (Å²) in [7, 11) is 0. The number of furan rings is 1. The number of nitrogens with zero attached hydrogens (tertiary/aromatic N) is 2. The zero-order valence-corrected chi connectivity index (χ0v) is 25.8. The highest BCUT2D eigenvalue weighted by molar-refractivity contribution is 7.07. The number of aromatic nitrogens is 1. The van der Waals surface area contributed by atoms with Crippen molar-refractivity contribution in [3.8, 4) is 22.8 Å². The molecule has 0 saturated carbocycles. The Morgan fingerprint density at radius 3 is 2.68 bits per heavy atom. The van der Waals surface area contributed by atoms with E-state index in [1.807, 2.05) is 0 Å². The predicted molar refractivity (Wildman–Crippen MR) is 163 cm³/mol. The fraction of sp³-hybridized carbons (Fsp3) is 0.250. The zero-order valence-electron chi connectivity index (χ0n) is 24.2. The average Bonchev–Trinajstić information content (AvgIpc) is 3.71. The highest BCUT2D eigenvalue weighted by Crippen LogP contribution is 2.38. The molecule has 0 N–H and O–H groups in total. The first-order valence-corrected chi connectivity index (χ1v) is 15.0. The van der Waals surface area contributed by atoms with Gasteiger partial charge in [0.2, 0.25) is 6.79 Å². The van der Waals surface area contributed by atoms with Crippen molar-refractivity contribution < 1.29 is 33.0 Å². The Morgan fingerprint density at radius 1 is 1.11 bits per heavy atom. The van der Waals surface area contributed by atoms with Crippen molar-refractivity contribution in [3.05, 3.63) is 101 Å². The minimum atomic E-state index is -0.810. The standard InChI is InChI=1S/C32H27ClN2O8S/c1-5-39-31(38)27-17(4)34-32-35(28(27)18-6-10-24-25(12-18)41-15-40-24)29(36)26(44-32)14-20-8-11-23(43-20)22-13-19(33)7-9-21(22)30(37)42-16(2)3/h6-14,16,28H,5,15H2,1-4H3/b26-14+/t28-/m1/s1. The lowest BCUT2D eigenvalue weighted by Gasteiger charge is -2.24. The van der Waals surface area contributed by atoms with Gasteiger partial charge in [-0.25, -0.2) is 14.6 Å². The third-order valence-electron chi connectivity index (χ3n) is 6.94. The van der Waals surface area contributed by atoms with Crippen LogP contribution in [0.15, 0.2) is 74.0 Å². The van der Waals surface area contributed by atoms with Crippen LogP contribution >= 0.6 is 22.9 Å². The minimum Gasteiger partial charge on any atom is -0.463 e. The highest BCUT2D eigenvalue weighted by atomic mass is 35.5. The van der Waals surface area contributed by atoms with Crippen molar-refractivity contribution >= 4 is 41.0 Å². The number of carbonyl (C=O) groups excluding carboxylic acids is 2. The van der Waals surface area contributed by atoms with Crippen LogP contribution in [-0.4, -0.2) is 36.0 Å². The lowest BCUT2D eigenvalue weighted by molar-refractivity contribution is -0.139. The van der Waals surface area contributed by atoms with Gasteiger partial charge >= 0.3 is 11.9 Å². The molecular formula is C32H27ClN2O8S. The zero-order chi connectivity index (χ0) is 31.1. The van der Waals surface area contributed by atoms with Crippen molar-refractivity contribution in [2.75, 3.05) is 13.4 Å². The van der Waals surface area contributed by atoms with E-state index in [-0.39, 0.29) is 30.6 Å². The third-order valence-corrected chi connectivity index (χ3v) is 8.16. The van der Waals surface area contributed by atoms with Crippen molar-refractivity contribution in [1.29, 1.82) is 0 Å². The van der Waals surface area contributed by atoms with E-state index in [1.165, 1.54) is 4.57 Å². The number of hydrogen-bond donors (Lipinski definition) is 0. The van der Waals surface area contributed by atoms with Gasteiger partial charge in [-0.3, -0.25) is 9.36 Å². The molecule has 2 aromatic heterocycles. The first-order valence-electron chi connectivity index (χ1n) is 13.8. The molecule has 2 aliphatic rings. The van der Waals surface area contributed by atoms with Gasteiger partial charge in [0.25, 0.3) is 5.56 Å². The number of ether oxygens (including phenoxy) is 4. The van der Waals surface area contributed by atoms with Crippen LogP contribution in [0, 0.1) is 0 Å². The Labute approximate surface area is 260 Å². The van der Waals surface area contributed by atoms with E-state index in [4.69, 9.17) is 35.0 Å². The van der Waals surface area contributed by atoms with Gasteiger partial charge < -0.3 is 23.4 Å². The topological polar surface area (TPSA) is 119 Å². The second-order valence-corrected chi connectivity index (χ2v) is 11.7. The van der Waals surface area contributed by atoms with Crippen LogP contribution < -0.4 is 24.4 Å². The van der Waals surface area contributed by atoms with E-state index in [2.05, 4.69) is 4.99 Å². The quantitative estimate of drug-likeness (QED) is 0.261. The summed E-state index contributed by atoms with van der Waals surface area (Å²) in [6.45, 7) is 7.22. The van der Waals surface area contributed by atoms with Crippen molar-refractivity contribution in [1.82, 2.24) is 4.57 Å². The maximum absolute atomic E-state index is 14.0. The Kier molecular flexibility index (Phi) is 7.91. The van der Waals surface area contributed by atoms with Crippen LogP contribution in [0.3, 0.4) is 0 Å². The molecule has 44 heavy (non-hydrogen) atoms. The molecule has 2 aliphatic heterocycles. The number of fused-ring (bicyclic) bond motifs is 2. The predicted octanol–water partition coefficient (Wildman–Crippen LogP) is 5.01. The van der Waals surface area contributed by atoms with E-state index in [1.54, 1.807) is 82.3 Å². The van der Waals surface area contributed by atoms with Gasteiger partial charge in [0.1, 0.15) is 11.5 Å². The monoisotopic (exact) mass is 634 g/mol. The van der Waals surface area contributed by atoms with E-state index in [9.17, 15) is 14.4 Å². The first kappa shape index (κ1) is 29.5. The molecule has 4 aromatic rings. The summed E-state index contributed by atoms with van der Waals surface area (Å²) in [4.78, 5) is 44.9. The van der Waals surface area contributed by atoms with Gasteiger partial charge in [0, 0.05) is 16.7 Å². The van der Waals surface area contributed by atoms with Crippen molar-refractivity contribution in [2.45, 2.75) is 39.8 Å².